The third-order valence-corrected chi connectivity index (χ3v) is 2.93. The van der Waals surface area contributed by atoms with E-state index in [9.17, 15) is 4.79 Å². The summed E-state index contributed by atoms with van der Waals surface area (Å²) in [7, 11) is 0. The van der Waals surface area contributed by atoms with Crippen molar-refractivity contribution in [3.63, 3.8) is 0 Å². The van der Waals surface area contributed by atoms with Crippen molar-refractivity contribution in [1.82, 2.24) is 19.5 Å². The van der Waals surface area contributed by atoms with Gasteiger partial charge in [0, 0.05) is 36.0 Å². The summed E-state index contributed by atoms with van der Waals surface area (Å²) in [5.41, 5.74) is 12.6. The average molecular weight is 280 g/mol. The maximum atomic E-state index is 11.5. The largest absolute Gasteiger partial charge is 0.399 e. The van der Waals surface area contributed by atoms with Gasteiger partial charge >= 0.3 is 0 Å². The van der Waals surface area contributed by atoms with E-state index >= 15 is 0 Å². The first-order chi connectivity index (χ1) is 10.2. The molecule has 2 heterocycles. The van der Waals surface area contributed by atoms with E-state index in [0.29, 0.717) is 17.3 Å². The average Bonchev–Trinajstić information content (AvgIpc) is 2.96. The predicted molar refractivity (Wildman–Crippen MR) is 77.5 cm³/mol. The van der Waals surface area contributed by atoms with Crippen LogP contribution in [-0.2, 0) is 0 Å². The molecule has 0 radical (unpaired) electrons. The number of carbonyl (C=O) groups is 1. The number of primary amides is 1. The van der Waals surface area contributed by atoms with Crippen LogP contribution >= 0.6 is 0 Å². The van der Waals surface area contributed by atoms with Crippen molar-refractivity contribution < 1.29 is 4.79 Å². The van der Waals surface area contributed by atoms with Crippen LogP contribution in [0.4, 0.5) is 5.69 Å². The molecule has 1 amide bonds. The first-order valence-corrected chi connectivity index (χ1v) is 6.17. The van der Waals surface area contributed by atoms with E-state index < -0.39 is 5.91 Å². The Labute approximate surface area is 120 Å². The lowest BCUT2D eigenvalue weighted by molar-refractivity contribution is 0.0995. The third kappa shape index (κ3) is 2.32. The molecule has 0 unspecified atom stereocenters. The molecular formula is C14H12N6O. The minimum atomic E-state index is -0.648. The summed E-state index contributed by atoms with van der Waals surface area (Å²) < 4.78 is 1.65. The van der Waals surface area contributed by atoms with Crippen molar-refractivity contribution >= 4 is 11.6 Å². The summed E-state index contributed by atoms with van der Waals surface area (Å²) in [5, 5.41) is 0. The van der Waals surface area contributed by atoms with Gasteiger partial charge < -0.3 is 11.5 Å². The highest BCUT2D eigenvalue weighted by atomic mass is 16.1. The molecule has 7 heteroatoms. The fourth-order valence-corrected chi connectivity index (χ4v) is 2.05. The summed E-state index contributed by atoms with van der Waals surface area (Å²) in [6.45, 7) is 0. The molecule has 4 N–H and O–H groups in total. The monoisotopic (exact) mass is 280 g/mol. The van der Waals surface area contributed by atoms with Crippen LogP contribution in [0, 0.1) is 0 Å². The van der Waals surface area contributed by atoms with E-state index in [4.69, 9.17) is 11.5 Å². The number of anilines is 1. The number of nitrogens with zero attached hydrogens (tertiary/aromatic N) is 4. The molecule has 0 saturated heterocycles. The van der Waals surface area contributed by atoms with E-state index in [1.165, 1.54) is 12.4 Å². The van der Waals surface area contributed by atoms with Crippen molar-refractivity contribution in [2.45, 2.75) is 0 Å². The van der Waals surface area contributed by atoms with E-state index in [1.807, 2.05) is 12.1 Å². The van der Waals surface area contributed by atoms with Gasteiger partial charge in [-0.05, 0) is 12.1 Å². The van der Waals surface area contributed by atoms with Gasteiger partial charge in [0.05, 0.1) is 0 Å². The van der Waals surface area contributed by atoms with Crippen LogP contribution in [0.1, 0.15) is 10.5 Å². The molecule has 0 aliphatic heterocycles. The Balaban J connectivity index is 2.19. The zero-order chi connectivity index (χ0) is 14.8. The van der Waals surface area contributed by atoms with Crippen LogP contribution < -0.4 is 11.5 Å². The second-order valence-electron chi connectivity index (χ2n) is 4.34. The number of benzene rings is 1. The number of nitrogens with two attached hydrogens (primary N) is 2. The number of rotatable bonds is 3. The molecule has 3 rings (SSSR count). The molecule has 21 heavy (non-hydrogen) atoms. The molecule has 0 aliphatic rings. The smallest absolute Gasteiger partial charge is 0.271 e. The zero-order valence-corrected chi connectivity index (χ0v) is 11.0. The molecule has 7 nitrogen and oxygen atoms in total. The van der Waals surface area contributed by atoms with E-state index in [1.54, 1.807) is 29.1 Å². The highest BCUT2D eigenvalue weighted by Crippen LogP contribution is 2.23. The molecular weight excluding hydrogens is 268 g/mol. The highest BCUT2D eigenvalue weighted by molar-refractivity contribution is 5.93. The second kappa shape index (κ2) is 5.04. The van der Waals surface area contributed by atoms with Crippen LogP contribution in [-0.4, -0.2) is 25.4 Å². The fraction of sp³-hybridized carbons (Fsp3) is 0. The molecule has 0 atom stereocenters. The van der Waals surface area contributed by atoms with Crippen molar-refractivity contribution in [2.24, 2.45) is 5.73 Å². The van der Waals surface area contributed by atoms with Crippen molar-refractivity contribution in [1.29, 1.82) is 0 Å². The molecule has 0 aliphatic carbocycles. The van der Waals surface area contributed by atoms with Gasteiger partial charge in [0.2, 0.25) is 0 Å². The van der Waals surface area contributed by atoms with Gasteiger partial charge in [-0.1, -0.05) is 12.1 Å². The normalized spacial score (nSPS) is 10.5. The van der Waals surface area contributed by atoms with Gasteiger partial charge in [0.1, 0.15) is 5.82 Å². The van der Waals surface area contributed by atoms with Crippen LogP contribution in [0.3, 0.4) is 0 Å². The first-order valence-electron chi connectivity index (χ1n) is 6.17. The minimum absolute atomic E-state index is 0.0839. The van der Waals surface area contributed by atoms with E-state index in [0.717, 1.165) is 5.56 Å². The van der Waals surface area contributed by atoms with Crippen molar-refractivity contribution in [3.05, 3.63) is 54.7 Å². The van der Waals surface area contributed by atoms with Crippen LogP contribution in [0.5, 0.6) is 0 Å². The molecule has 104 valence electrons. The molecule has 3 aromatic rings. The Morgan fingerprint density at radius 3 is 2.67 bits per heavy atom. The summed E-state index contributed by atoms with van der Waals surface area (Å²) in [5.74, 6) is 0.288. The van der Waals surface area contributed by atoms with Crippen LogP contribution in [0.25, 0.3) is 17.2 Å². The second-order valence-corrected chi connectivity index (χ2v) is 4.34. The maximum absolute atomic E-state index is 11.5. The standard InChI is InChI=1S/C14H12N6O/c15-10-3-1-2-9(8-10)13-19-6-7-20(13)14-11(12(16)21)17-4-5-18-14/h1-8H,15H2,(H2,16,21). The molecule has 0 bridgehead atoms. The fourth-order valence-electron chi connectivity index (χ4n) is 2.05. The van der Waals surface area contributed by atoms with Crippen LogP contribution in [0.2, 0.25) is 0 Å². The molecule has 0 fully saturated rings. The van der Waals surface area contributed by atoms with Gasteiger partial charge in [-0.15, -0.1) is 0 Å². The Morgan fingerprint density at radius 1 is 1.10 bits per heavy atom. The van der Waals surface area contributed by atoms with Gasteiger partial charge in [-0.2, -0.15) is 0 Å². The molecule has 1 aromatic carbocycles. The summed E-state index contributed by atoms with van der Waals surface area (Å²) in [4.78, 5) is 23.9. The Hall–Kier alpha value is -3.22. The maximum Gasteiger partial charge on any atom is 0.271 e. The lowest BCUT2D eigenvalue weighted by Crippen LogP contribution is -2.17. The number of carbonyl (C=O) groups excluding carboxylic acids is 1. The lowest BCUT2D eigenvalue weighted by atomic mass is 10.2. The number of aromatic nitrogens is 4. The Bertz CT molecular complexity index is 810. The number of amides is 1. The number of imidazole rings is 1. The van der Waals surface area contributed by atoms with Gasteiger partial charge in [-0.25, -0.2) is 15.0 Å². The number of hydrogen-bond donors (Lipinski definition) is 2. The Morgan fingerprint density at radius 2 is 1.90 bits per heavy atom. The lowest BCUT2D eigenvalue weighted by Gasteiger charge is -2.09. The van der Waals surface area contributed by atoms with E-state index in [-0.39, 0.29) is 5.69 Å². The van der Waals surface area contributed by atoms with Crippen LogP contribution in [0.15, 0.2) is 49.1 Å². The quantitative estimate of drug-likeness (QED) is 0.695. The number of hydrogen-bond acceptors (Lipinski definition) is 5. The number of nitrogen functional groups attached to an aromatic ring is 1. The molecule has 0 spiro atoms. The predicted octanol–water partition coefficient (Wildman–Crippen LogP) is 1.01. The van der Waals surface area contributed by atoms with Crippen molar-refractivity contribution in [2.75, 3.05) is 5.73 Å². The molecule has 0 saturated carbocycles. The topological polar surface area (TPSA) is 113 Å². The highest BCUT2D eigenvalue weighted by Gasteiger charge is 2.16. The van der Waals surface area contributed by atoms with Gasteiger partial charge in [0.25, 0.3) is 5.91 Å². The summed E-state index contributed by atoms with van der Waals surface area (Å²) >= 11 is 0. The van der Waals surface area contributed by atoms with Gasteiger partial charge in [0.15, 0.2) is 11.5 Å². The van der Waals surface area contributed by atoms with Gasteiger partial charge in [-0.3, -0.25) is 9.36 Å². The zero-order valence-electron chi connectivity index (χ0n) is 11.0. The SMILES string of the molecule is NC(=O)c1nccnc1-n1ccnc1-c1cccc(N)c1. The Kier molecular flexibility index (Phi) is 3.07. The minimum Gasteiger partial charge on any atom is -0.399 e. The van der Waals surface area contributed by atoms with E-state index in [2.05, 4.69) is 15.0 Å². The summed E-state index contributed by atoms with van der Waals surface area (Å²) in [6.07, 6.45) is 6.21. The summed E-state index contributed by atoms with van der Waals surface area (Å²) in [6, 6.07) is 7.28. The third-order valence-electron chi connectivity index (χ3n) is 2.93. The van der Waals surface area contributed by atoms with Crippen molar-refractivity contribution in [3.8, 4) is 17.2 Å². The molecule has 2 aromatic heterocycles. The first kappa shape index (κ1) is 12.8.